The Hall–Kier alpha value is -1.40. The van der Waals surface area contributed by atoms with Gasteiger partial charge in [0.2, 0.25) is 10.0 Å². The first-order valence-electron chi connectivity index (χ1n) is 7.94. The molecule has 0 amide bonds. The minimum atomic E-state index is -3.42. The van der Waals surface area contributed by atoms with Crippen molar-refractivity contribution in [1.82, 2.24) is 9.62 Å². The summed E-state index contributed by atoms with van der Waals surface area (Å²) in [6.07, 6.45) is 1.71. The molecule has 0 unspecified atom stereocenters. The molecule has 0 spiro atoms. The van der Waals surface area contributed by atoms with Gasteiger partial charge in [-0.1, -0.05) is 42.5 Å². The number of hydrogen-bond donors (Lipinski definition) is 1. The molecule has 1 fully saturated rings. The Kier molecular flexibility index (Phi) is 6.40. The van der Waals surface area contributed by atoms with E-state index >= 15 is 0 Å². The maximum absolute atomic E-state index is 12.9. The quantitative estimate of drug-likeness (QED) is 0.904. The lowest BCUT2D eigenvalue weighted by atomic mass is 10.1. The fourth-order valence-corrected chi connectivity index (χ4v) is 4.52. The first-order chi connectivity index (χ1) is 11.1. The van der Waals surface area contributed by atoms with Crippen molar-refractivity contribution in [2.75, 3.05) is 20.1 Å². The minimum absolute atomic E-state index is 0. The van der Waals surface area contributed by atoms with E-state index < -0.39 is 10.0 Å². The monoisotopic (exact) mass is 366 g/mol. The molecule has 0 radical (unpaired) electrons. The Bertz CT molecular complexity index is 758. The highest BCUT2D eigenvalue weighted by atomic mass is 35.5. The summed E-state index contributed by atoms with van der Waals surface area (Å²) in [4.78, 5) is 0.377. The third-order valence-electron chi connectivity index (χ3n) is 4.44. The molecule has 0 bridgehead atoms. The van der Waals surface area contributed by atoms with Crippen molar-refractivity contribution >= 4 is 22.4 Å². The summed E-state index contributed by atoms with van der Waals surface area (Å²) in [5, 5.41) is 3.22. The molecule has 1 heterocycles. The average molecular weight is 367 g/mol. The number of benzene rings is 2. The fraction of sp³-hybridized carbons (Fsp3) is 0.333. The Morgan fingerprint density at radius 1 is 0.958 bits per heavy atom. The lowest BCUT2D eigenvalue weighted by molar-refractivity contribution is 0.298. The first-order valence-corrected chi connectivity index (χ1v) is 9.38. The van der Waals surface area contributed by atoms with Gasteiger partial charge in [0.25, 0.3) is 0 Å². The van der Waals surface area contributed by atoms with Gasteiger partial charge in [-0.3, -0.25) is 0 Å². The van der Waals surface area contributed by atoms with Gasteiger partial charge in [0.05, 0.1) is 4.90 Å². The number of hydrogen-bond acceptors (Lipinski definition) is 3. The van der Waals surface area contributed by atoms with Crippen LogP contribution in [0.3, 0.4) is 0 Å². The van der Waals surface area contributed by atoms with Gasteiger partial charge >= 0.3 is 0 Å². The standard InChI is InChI=1S/C18H22N2O2S.ClH/c1-19-17-10-12-20(13-11-17)23(21,22)18-9-5-8-16(14-18)15-6-3-2-4-7-15;/h2-9,14,17,19H,10-13H2,1H3;1H. The van der Waals surface area contributed by atoms with E-state index in [0.29, 0.717) is 24.0 Å². The fourth-order valence-electron chi connectivity index (χ4n) is 3.00. The smallest absolute Gasteiger partial charge is 0.243 e. The van der Waals surface area contributed by atoms with Crippen LogP contribution >= 0.6 is 12.4 Å². The third kappa shape index (κ3) is 3.98. The van der Waals surface area contributed by atoms with Gasteiger partial charge in [-0.15, -0.1) is 12.4 Å². The van der Waals surface area contributed by atoms with Crippen LogP contribution in [0.5, 0.6) is 0 Å². The highest BCUT2D eigenvalue weighted by molar-refractivity contribution is 7.89. The zero-order valence-electron chi connectivity index (χ0n) is 13.7. The summed E-state index contributed by atoms with van der Waals surface area (Å²) in [6, 6.07) is 17.5. The van der Waals surface area contributed by atoms with E-state index in [-0.39, 0.29) is 12.4 Å². The first kappa shape index (κ1) is 18.9. The topological polar surface area (TPSA) is 49.4 Å². The summed E-state index contributed by atoms with van der Waals surface area (Å²) < 4.78 is 27.3. The number of halogens is 1. The Morgan fingerprint density at radius 3 is 2.21 bits per heavy atom. The van der Waals surface area contributed by atoms with E-state index in [4.69, 9.17) is 0 Å². The molecule has 0 aromatic heterocycles. The molecule has 3 rings (SSSR count). The molecule has 24 heavy (non-hydrogen) atoms. The maximum atomic E-state index is 12.9. The van der Waals surface area contributed by atoms with E-state index in [0.717, 1.165) is 24.0 Å². The van der Waals surface area contributed by atoms with E-state index in [9.17, 15) is 8.42 Å². The van der Waals surface area contributed by atoms with Crippen molar-refractivity contribution in [3.63, 3.8) is 0 Å². The van der Waals surface area contributed by atoms with Crippen molar-refractivity contribution in [1.29, 1.82) is 0 Å². The SMILES string of the molecule is CNC1CCN(S(=O)(=O)c2cccc(-c3ccccc3)c2)CC1.Cl. The third-order valence-corrected chi connectivity index (χ3v) is 6.34. The molecule has 1 saturated heterocycles. The molecule has 2 aromatic rings. The van der Waals surface area contributed by atoms with Gasteiger partial charge in [0, 0.05) is 19.1 Å². The molecule has 2 aromatic carbocycles. The van der Waals surface area contributed by atoms with Crippen molar-refractivity contribution in [3.05, 3.63) is 54.6 Å². The number of nitrogens with one attached hydrogen (secondary N) is 1. The second-order valence-corrected chi connectivity index (χ2v) is 7.80. The van der Waals surface area contributed by atoms with Crippen LogP contribution in [0, 0.1) is 0 Å². The molecule has 1 aliphatic rings. The summed E-state index contributed by atoms with van der Waals surface area (Å²) >= 11 is 0. The molecule has 1 N–H and O–H groups in total. The summed E-state index contributed by atoms with van der Waals surface area (Å²) in [6.45, 7) is 1.15. The summed E-state index contributed by atoms with van der Waals surface area (Å²) in [5.41, 5.74) is 1.95. The molecule has 0 saturated carbocycles. The van der Waals surface area contributed by atoms with Gasteiger partial charge in [-0.25, -0.2) is 8.42 Å². The number of sulfonamides is 1. The average Bonchev–Trinajstić information content (AvgIpc) is 2.62. The minimum Gasteiger partial charge on any atom is -0.317 e. The van der Waals surface area contributed by atoms with Crippen molar-refractivity contribution in [2.45, 2.75) is 23.8 Å². The number of piperidine rings is 1. The van der Waals surface area contributed by atoms with Gasteiger partial charge < -0.3 is 5.32 Å². The van der Waals surface area contributed by atoms with Crippen LogP contribution < -0.4 is 5.32 Å². The van der Waals surface area contributed by atoms with Crippen molar-refractivity contribution < 1.29 is 8.42 Å². The van der Waals surface area contributed by atoms with Crippen molar-refractivity contribution in [2.24, 2.45) is 0 Å². The van der Waals surface area contributed by atoms with Crippen LogP contribution in [0.2, 0.25) is 0 Å². The molecular formula is C18H23ClN2O2S. The van der Waals surface area contributed by atoms with Crippen LogP contribution in [0.15, 0.2) is 59.5 Å². The highest BCUT2D eigenvalue weighted by Crippen LogP contribution is 2.25. The Morgan fingerprint density at radius 2 is 1.58 bits per heavy atom. The summed E-state index contributed by atoms with van der Waals surface area (Å²) in [7, 11) is -1.49. The molecule has 0 aliphatic carbocycles. The molecule has 1 aliphatic heterocycles. The summed E-state index contributed by atoms with van der Waals surface area (Å²) in [5.74, 6) is 0. The number of nitrogens with zero attached hydrogens (tertiary/aromatic N) is 1. The second kappa shape index (κ2) is 8.12. The molecule has 4 nitrogen and oxygen atoms in total. The molecule has 6 heteroatoms. The lowest BCUT2D eigenvalue weighted by Crippen LogP contribution is -2.43. The van der Waals surface area contributed by atoms with E-state index in [2.05, 4.69) is 5.32 Å². The number of rotatable bonds is 4. The Balaban J connectivity index is 0.00000208. The van der Waals surface area contributed by atoms with Crippen LogP contribution in [0.1, 0.15) is 12.8 Å². The molecular weight excluding hydrogens is 344 g/mol. The van der Waals surface area contributed by atoms with Crippen LogP contribution in [-0.2, 0) is 10.0 Å². The van der Waals surface area contributed by atoms with E-state index in [1.54, 1.807) is 16.4 Å². The Labute approximate surface area is 150 Å². The zero-order chi connectivity index (χ0) is 16.3. The van der Waals surface area contributed by atoms with Gasteiger partial charge in [0.1, 0.15) is 0 Å². The largest absolute Gasteiger partial charge is 0.317 e. The highest BCUT2D eigenvalue weighted by Gasteiger charge is 2.28. The zero-order valence-corrected chi connectivity index (χ0v) is 15.3. The molecule has 130 valence electrons. The predicted molar refractivity (Wildman–Crippen MR) is 100.0 cm³/mol. The van der Waals surface area contributed by atoms with E-state index in [1.165, 1.54) is 0 Å². The normalized spacial score (nSPS) is 16.5. The van der Waals surface area contributed by atoms with Crippen LogP contribution in [-0.4, -0.2) is 38.9 Å². The van der Waals surface area contributed by atoms with Crippen LogP contribution in [0.25, 0.3) is 11.1 Å². The second-order valence-electron chi connectivity index (χ2n) is 5.86. The molecule has 0 atom stereocenters. The van der Waals surface area contributed by atoms with Gasteiger partial charge in [-0.2, -0.15) is 4.31 Å². The van der Waals surface area contributed by atoms with Crippen molar-refractivity contribution in [3.8, 4) is 11.1 Å². The predicted octanol–water partition coefficient (Wildman–Crippen LogP) is 3.15. The van der Waals surface area contributed by atoms with Gasteiger partial charge in [-0.05, 0) is 43.1 Å². The van der Waals surface area contributed by atoms with E-state index in [1.807, 2.05) is 49.5 Å². The lowest BCUT2D eigenvalue weighted by Gasteiger charge is -2.31. The van der Waals surface area contributed by atoms with Crippen LogP contribution in [0.4, 0.5) is 0 Å². The maximum Gasteiger partial charge on any atom is 0.243 e. The van der Waals surface area contributed by atoms with Gasteiger partial charge in [0.15, 0.2) is 0 Å².